The molecule has 2 nitrogen and oxygen atoms in total. The molecule has 4 heteroatoms. The van der Waals surface area contributed by atoms with Crippen molar-refractivity contribution in [3.8, 4) is 0 Å². The van der Waals surface area contributed by atoms with Crippen LogP contribution >= 0.6 is 15.9 Å². The van der Waals surface area contributed by atoms with Crippen LogP contribution in [-0.4, -0.2) is 25.0 Å². The zero-order chi connectivity index (χ0) is 13.9. The van der Waals surface area contributed by atoms with Crippen LogP contribution in [0.3, 0.4) is 0 Å². The molecule has 0 aliphatic rings. The van der Waals surface area contributed by atoms with Gasteiger partial charge in [0.25, 0.3) is 0 Å². The molecule has 1 rings (SSSR count). The summed E-state index contributed by atoms with van der Waals surface area (Å²) < 4.78 is 13.9. The molecule has 0 radical (unpaired) electrons. The Balaban J connectivity index is 2.83. The van der Waals surface area contributed by atoms with Gasteiger partial charge in [-0.2, -0.15) is 0 Å². The molecule has 0 heterocycles. The monoisotopic (exact) mass is 316 g/mol. The van der Waals surface area contributed by atoms with Crippen LogP contribution in [0.4, 0.5) is 4.39 Å². The summed E-state index contributed by atoms with van der Waals surface area (Å²) in [6, 6.07) is 5.05. The van der Waals surface area contributed by atoms with Crippen LogP contribution in [0.15, 0.2) is 22.7 Å². The largest absolute Gasteiger partial charge is 0.330 e. The standard InChI is InChI=1S/C14H22BrFN2/c1-10(18(4)9-14(2,3)8-17)12-6-5-11(16)7-13(12)15/h5-7,10H,8-9,17H2,1-4H3. The molecule has 0 saturated heterocycles. The topological polar surface area (TPSA) is 29.3 Å². The van der Waals surface area contributed by atoms with E-state index in [0.717, 1.165) is 16.6 Å². The van der Waals surface area contributed by atoms with E-state index in [1.807, 2.05) is 6.07 Å². The van der Waals surface area contributed by atoms with E-state index in [4.69, 9.17) is 5.73 Å². The van der Waals surface area contributed by atoms with Crippen molar-refractivity contribution in [2.24, 2.45) is 11.1 Å². The molecule has 0 aliphatic carbocycles. The summed E-state index contributed by atoms with van der Waals surface area (Å²) in [5, 5.41) is 0. The SMILES string of the molecule is CC(c1ccc(F)cc1Br)N(C)CC(C)(C)CN. The molecule has 0 fully saturated rings. The lowest BCUT2D eigenvalue weighted by atomic mass is 9.92. The minimum absolute atomic E-state index is 0.0789. The first-order valence-electron chi connectivity index (χ1n) is 6.12. The number of nitrogens with zero attached hydrogens (tertiary/aromatic N) is 1. The van der Waals surface area contributed by atoms with E-state index in [2.05, 4.69) is 48.6 Å². The highest BCUT2D eigenvalue weighted by molar-refractivity contribution is 9.10. The van der Waals surface area contributed by atoms with Crippen LogP contribution in [0, 0.1) is 11.2 Å². The van der Waals surface area contributed by atoms with E-state index in [1.54, 1.807) is 0 Å². The van der Waals surface area contributed by atoms with Crippen molar-refractivity contribution >= 4 is 15.9 Å². The first-order chi connectivity index (χ1) is 8.26. The number of benzene rings is 1. The Morgan fingerprint density at radius 2 is 2.06 bits per heavy atom. The van der Waals surface area contributed by atoms with Gasteiger partial charge in [-0.25, -0.2) is 4.39 Å². The van der Waals surface area contributed by atoms with Gasteiger partial charge in [0.1, 0.15) is 5.82 Å². The van der Waals surface area contributed by atoms with Gasteiger partial charge in [-0.3, -0.25) is 4.90 Å². The molecule has 1 unspecified atom stereocenters. The quantitative estimate of drug-likeness (QED) is 0.899. The summed E-state index contributed by atoms with van der Waals surface area (Å²) in [5.74, 6) is -0.220. The molecular weight excluding hydrogens is 295 g/mol. The van der Waals surface area contributed by atoms with Gasteiger partial charge in [0.05, 0.1) is 0 Å². The van der Waals surface area contributed by atoms with E-state index in [-0.39, 0.29) is 17.3 Å². The van der Waals surface area contributed by atoms with Crippen molar-refractivity contribution < 1.29 is 4.39 Å². The Kier molecular flexibility index (Phi) is 5.32. The molecule has 0 spiro atoms. The van der Waals surface area contributed by atoms with E-state index in [9.17, 15) is 4.39 Å². The molecule has 0 bridgehead atoms. The van der Waals surface area contributed by atoms with Gasteiger partial charge in [0.2, 0.25) is 0 Å². The van der Waals surface area contributed by atoms with Gasteiger partial charge in [0, 0.05) is 17.1 Å². The minimum Gasteiger partial charge on any atom is -0.330 e. The van der Waals surface area contributed by atoms with Gasteiger partial charge in [-0.15, -0.1) is 0 Å². The second kappa shape index (κ2) is 6.13. The van der Waals surface area contributed by atoms with Crippen molar-refractivity contribution in [2.75, 3.05) is 20.1 Å². The minimum atomic E-state index is -0.220. The number of hydrogen-bond acceptors (Lipinski definition) is 2. The van der Waals surface area contributed by atoms with E-state index in [1.165, 1.54) is 12.1 Å². The molecule has 18 heavy (non-hydrogen) atoms. The molecule has 1 atom stereocenters. The van der Waals surface area contributed by atoms with Gasteiger partial charge in [-0.1, -0.05) is 35.8 Å². The summed E-state index contributed by atoms with van der Waals surface area (Å²) >= 11 is 3.42. The normalized spacial score (nSPS) is 14.0. The molecular formula is C14H22BrFN2. The van der Waals surface area contributed by atoms with E-state index >= 15 is 0 Å². The van der Waals surface area contributed by atoms with Crippen molar-refractivity contribution in [1.82, 2.24) is 4.90 Å². The summed E-state index contributed by atoms with van der Waals surface area (Å²) in [5.41, 5.74) is 6.93. The number of hydrogen-bond donors (Lipinski definition) is 1. The van der Waals surface area contributed by atoms with Crippen molar-refractivity contribution in [1.29, 1.82) is 0 Å². The van der Waals surface area contributed by atoms with Gasteiger partial charge < -0.3 is 5.73 Å². The van der Waals surface area contributed by atoms with Crippen LogP contribution in [0.5, 0.6) is 0 Å². The Morgan fingerprint density at radius 3 is 2.56 bits per heavy atom. The average Bonchev–Trinajstić information content (AvgIpc) is 2.27. The average molecular weight is 317 g/mol. The Morgan fingerprint density at radius 1 is 1.44 bits per heavy atom. The molecule has 1 aromatic carbocycles. The van der Waals surface area contributed by atoms with Gasteiger partial charge in [-0.05, 0) is 43.6 Å². The van der Waals surface area contributed by atoms with Crippen LogP contribution in [0.2, 0.25) is 0 Å². The fourth-order valence-corrected chi connectivity index (χ4v) is 2.64. The molecule has 102 valence electrons. The van der Waals surface area contributed by atoms with Gasteiger partial charge >= 0.3 is 0 Å². The molecule has 0 aromatic heterocycles. The first-order valence-corrected chi connectivity index (χ1v) is 6.91. The number of rotatable bonds is 5. The maximum Gasteiger partial charge on any atom is 0.124 e. The fourth-order valence-electron chi connectivity index (χ4n) is 1.95. The van der Waals surface area contributed by atoms with Crippen LogP contribution in [0.1, 0.15) is 32.4 Å². The van der Waals surface area contributed by atoms with Crippen LogP contribution < -0.4 is 5.73 Å². The van der Waals surface area contributed by atoms with E-state index < -0.39 is 0 Å². The lowest BCUT2D eigenvalue weighted by Gasteiger charge is -2.33. The highest BCUT2D eigenvalue weighted by atomic mass is 79.9. The fraction of sp³-hybridized carbons (Fsp3) is 0.571. The smallest absolute Gasteiger partial charge is 0.124 e. The summed E-state index contributed by atoms with van der Waals surface area (Å²) in [4.78, 5) is 2.24. The zero-order valence-corrected chi connectivity index (χ0v) is 13.1. The van der Waals surface area contributed by atoms with Crippen molar-refractivity contribution in [3.05, 3.63) is 34.1 Å². The predicted molar refractivity (Wildman–Crippen MR) is 78.0 cm³/mol. The molecule has 2 N–H and O–H groups in total. The molecule has 1 aromatic rings. The molecule has 0 aliphatic heterocycles. The summed E-state index contributed by atoms with van der Waals surface area (Å²) in [6.45, 7) is 7.96. The number of nitrogens with two attached hydrogens (primary N) is 1. The zero-order valence-electron chi connectivity index (χ0n) is 11.5. The lowest BCUT2D eigenvalue weighted by Crippen LogP contribution is -2.38. The summed E-state index contributed by atoms with van der Waals surface area (Å²) in [7, 11) is 2.07. The lowest BCUT2D eigenvalue weighted by molar-refractivity contribution is 0.174. The second-order valence-electron chi connectivity index (χ2n) is 5.63. The second-order valence-corrected chi connectivity index (χ2v) is 6.48. The highest BCUT2D eigenvalue weighted by Crippen LogP contribution is 2.29. The number of halogens is 2. The van der Waals surface area contributed by atoms with Crippen LogP contribution in [0.25, 0.3) is 0 Å². The Bertz CT molecular complexity index is 407. The Hall–Kier alpha value is -0.450. The highest BCUT2D eigenvalue weighted by Gasteiger charge is 2.22. The maximum absolute atomic E-state index is 13.1. The van der Waals surface area contributed by atoms with Crippen molar-refractivity contribution in [2.45, 2.75) is 26.8 Å². The third-order valence-electron chi connectivity index (χ3n) is 3.30. The van der Waals surface area contributed by atoms with Gasteiger partial charge in [0.15, 0.2) is 0 Å². The summed E-state index contributed by atoms with van der Waals surface area (Å²) in [6.07, 6.45) is 0. The van der Waals surface area contributed by atoms with Crippen LogP contribution in [-0.2, 0) is 0 Å². The van der Waals surface area contributed by atoms with E-state index in [0.29, 0.717) is 6.54 Å². The third-order valence-corrected chi connectivity index (χ3v) is 3.99. The predicted octanol–water partition coefficient (Wildman–Crippen LogP) is 3.57. The molecule has 0 saturated carbocycles. The Labute approximate surface area is 117 Å². The van der Waals surface area contributed by atoms with Crippen molar-refractivity contribution in [3.63, 3.8) is 0 Å². The third kappa shape index (κ3) is 4.04. The molecule has 0 amide bonds. The maximum atomic E-state index is 13.1. The first kappa shape index (κ1) is 15.6.